The lowest BCUT2D eigenvalue weighted by Crippen LogP contribution is -1.98. The first-order valence-electron chi connectivity index (χ1n) is 6.16. The number of rotatable bonds is 8. The van der Waals surface area contributed by atoms with Crippen LogP contribution in [0.2, 0.25) is 0 Å². The van der Waals surface area contributed by atoms with Gasteiger partial charge in [0.1, 0.15) is 5.76 Å². The molecule has 0 unspecified atom stereocenters. The summed E-state index contributed by atoms with van der Waals surface area (Å²) in [7, 11) is 1.61. The highest BCUT2D eigenvalue weighted by molar-refractivity contribution is 5.98. The van der Waals surface area contributed by atoms with E-state index in [1.165, 1.54) is 0 Å². The first-order chi connectivity index (χ1) is 8.15. The Hall–Kier alpha value is -1.32. The summed E-state index contributed by atoms with van der Waals surface area (Å²) in [4.78, 5) is 21.8. The molecule has 0 saturated heterocycles. The van der Waals surface area contributed by atoms with Crippen LogP contribution in [0.1, 0.15) is 51.4 Å². The Balaban J connectivity index is 2.18. The minimum absolute atomic E-state index is 0.215. The van der Waals surface area contributed by atoms with E-state index in [1.807, 2.05) is 0 Å². The highest BCUT2D eigenvalue weighted by Crippen LogP contribution is 2.27. The van der Waals surface area contributed by atoms with Crippen molar-refractivity contribution in [2.24, 2.45) is 0 Å². The number of ketones is 1. The van der Waals surface area contributed by atoms with E-state index < -0.39 is 5.97 Å². The van der Waals surface area contributed by atoms with E-state index in [0.717, 1.165) is 49.9 Å². The Labute approximate surface area is 102 Å². The molecule has 0 bridgehead atoms. The number of carboxylic acid groups (broad SMARTS) is 1. The molecular formula is C13H20O4. The Morgan fingerprint density at radius 1 is 1.24 bits per heavy atom. The predicted molar refractivity (Wildman–Crippen MR) is 63.6 cm³/mol. The van der Waals surface area contributed by atoms with Gasteiger partial charge in [-0.25, -0.2) is 0 Å². The van der Waals surface area contributed by atoms with Crippen LogP contribution in [0.3, 0.4) is 0 Å². The number of aliphatic carboxylic acids is 1. The summed E-state index contributed by atoms with van der Waals surface area (Å²) in [5.74, 6) is 0.327. The van der Waals surface area contributed by atoms with E-state index in [1.54, 1.807) is 7.11 Å². The second kappa shape index (κ2) is 7.09. The van der Waals surface area contributed by atoms with Gasteiger partial charge >= 0.3 is 5.97 Å². The van der Waals surface area contributed by atoms with Gasteiger partial charge in [-0.05, 0) is 19.3 Å². The van der Waals surface area contributed by atoms with Crippen molar-refractivity contribution in [1.29, 1.82) is 0 Å². The molecule has 0 aromatic heterocycles. The van der Waals surface area contributed by atoms with Gasteiger partial charge in [-0.3, -0.25) is 9.59 Å². The number of hydrogen-bond donors (Lipinski definition) is 1. The van der Waals surface area contributed by atoms with Crippen LogP contribution >= 0.6 is 0 Å². The number of unbranched alkanes of at least 4 members (excludes halogenated alkanes) is 3. The zero-order chi connectivity index (χ0) is 12.7. The van der Waals surface area contributed by atoms with Gasteiger partial charge in [0, 0.05) is 24.8 Å². The molecule has 0 aromatic carbocycles. The number of allylic oxidation sites excluding steroid dienone is 2. The van der Waals surface area contributed by atoms with Crippen molar-refractivity contribution >= 4 is 11.8 Å². The molecule has 0 radical (unpaired) electrons. The van der Waals surface area contributed by atoms with Gasteiger partial charge in [-0.15, -0.1) is 0 Å². The first kappa shape index (κ1) is 13.7. The van der Waals surface area contributed by atoms with E-state index in [-0.39, 0.29) is 12.2 Å². The van der Waals surface area contributed by atoms with Crippen molar-refractivity contribution < 1.29 is 19.4 Å². The second-order valence-corrected chi connectivity index (χ2v) is 4.34. The van der Waals surface area contributed by atoms with Gasteiger partial charge in [0.15, 0.2) is 5.78 Å². The average Bonchev–Trinajstić information content (AvgIpc) is 2.64. The maximum Gasteiger partial charge on any atom is 0.303 e. The Morgan fingerprint density at radius 2 is 1.94 bits per heavy atom. The van der Waals surface area contributed by atoms with Crippen LogP contribution in [0.4, 0.5) is 0 Å². The van der Waals surface area contributed by atoms with E-state index in [9.17, 15) is 9.59 Å². The summed E-state index contributed by atoms with van der Waals surface area (Å²) in [6.45, 7) is 0. The van der Waals surface area contributed by atoms with E-state index in [0.29, 0.717) is 6.42 Å². The molecule has 0 aliphatic heterocycles. The zero-order valence-electron chi connectivity index (χ0n) is 10.3. The summed E-state index contributed by atoms with van der Waals surface area (Å²) in [5, 5.41) is 8.48. The summed E-state index contributed by atoms with van der Waals surface area (Å²) in [6, 6.07) is 0. The third-order valence-corrected chi connectivity index (χ3v) is 3.07. The normalized spacial score (nSPS) is 15.5. The molecule has 4 nitrogen and oxygen atoms in total. The van der Waals surface area contributed by atoms with Crippen molar-refractivity contribution in [3.8, 4) is 0 Å². The fourth-order valence-electron chi connectivity index (χ4n) is 2.12. The number of hydrogen-bond acceptors (Lipinski definition) is 3. The molecule has 0 spiro atoms. The summed E-state index contributed by atoms with van der Waals surface area (Å²) >= 11 is 0. The van der Waals surface area contributed by atoms with Gasteiger partial charge in [0.25, 0.3) is 0 Å². The molecule has 0 aromatic rings. The maximum atomic E-state index is 11.5. The van der Waals surface area contributed by atoms with Crippen LogP contribution in [0.25, 0.3) is 0 Å². The van der Waals surface area contributed by atoms with E-state index >= 15 is 0 Å². The molecular weight excluding hydrogens is 220 g/mol. The van der Waals surface area contributed by atoms with Crippen LogP contribution in [0.5, 0.6) is 0 Å². The molecule has 0 atom stereocenters. The topological polar surface area (TPSA) is 63.6 Å². The fourth-order valence-corrected chi connectivity index (χ4v) is 2.12. The third-order valence-electron chi connectivity index (χ3n) is 3.07. The number of methoxy groups -OCH3 is 1. The summed E-state index contributed by atoms with van der Waals surface area (Å²) < 4.78 is 5.18. The van der Waals surface area contributed by atoms with Crippen molar-refractivity contribution in [3.63, 3.8) is 0 Å². The lowest BCUT2D eigenvalue weighted by molar-refractivity contribution is -0.137. The highest BCUT2D eigenvalue weighted by atomic mass is 16.5. The molecule has 0 heterocycles. The van der Waals surface area contributed by atoms with Crippen LogP contribution in [0, 0.1) is 0 Å². The standard InChI is InChI=1S/C13H20O4/c1-17-12-9-8-11(14)10(12)6-4-2-3-5-7-13(15)16/h2-9H2,1H3,(H,15,16). The molecule has 4 heteroatoms. The molecule has 1 aliphatic carbocycles. The van der Waals surface area contributed by atoms with Gasteiger partial charge in [-0.1, -0.05) is 12.8 Å². The molecule has 0 amide bonds. The summed E-state index contributed by atoms with van der Waals surface area (Å²) in [5.41, 5.74) is 0.853. The molecule has 0 fully saturated rings. The van der Waals surface area contributed by atoms with Crippen molar-refractivity contribution in [2.45, 2.75) is 51.4 Å². The van der Waals surface area contributed by atoms with Gasteiger partial charge in [0.2, 0.25) is 0 Å². The average molecular weight is 240 g/mol. The number of ether oxygens (including phenoxy) is 1. The quantitative estimate of drug-likeness (QED) is 0.662. The fraction of sp³-hybridized carbons (Fsp3) is 0.692. The van der Waals surface area contributed by atoms with E-state index in [4.69, 9.17) is 9.84 Å². The lowest BCUT2D eigenvalue weighted by atomic mass is 10.0. The number of carboxylic acids is 1. The van der Waals surface area contributed by atoms with E-state index in [2.05, 4.69) is 0 Å². The molecule has 1 rings (SSSR count). The Morgan fingerprint density at radius 3 is 2.59 bits per heavy atom. The van der Waals surface area contributed by atoms with Crippen molar-refractivity contribution in [2.75, 3.05) is 7.11 Å². The summed E-state index contributed by atoms with van der Waals surface area (Å²) in [6.07, 6.45) is 5.88. The molecule has 0 saturated carbocycles. The van der Waals surface area contributed by atoms with Gasteiger partial charge in [0.05, 0.1) is 7.11 Å². The van der Waals surface area contributed by atoms with Crippen LogP contribution < -0.4 is 0 Å². The predicted octanol–water partition coefficient (Wildman–Crippen LogP) is 2.68. The van der Waals surface area contributed by atoms with Crippen LogP contribution in [-0.2, 0) is 14.3 Å². The molecule has 1 aliphatic rings. The largest absolute Gasteiger partial charge is 0.501 e. The van der Waals surface area contributed by atoms with Crippen molar-refractivity contribution in [3.05, 3.63) is 11.3 Å². The number of carbonyl (C=O) groups is 2. The maximum absolute atomic E-state index is 11.5. The SMILES string of the molecule is COC1=C(CCCCCCC(=O)O)C(=O)CC1. The van der Waals surface area contributed by atoms with Gasteiger partial charge < -0.3 is 9.84 Å². The monoisotopic (exact) mass is 240 g/mol. The highest BCUT2D eigenvalue weighted by Gasteiger charge is 2.22. The smallest absolute Gasteiger partial charge is 0.303 e. The third kappa shape index (κ3) is 4.59. The van der Waals surface area contributed by atoms with Crippen LogP contribution in [0.15, 0.2) is 11.3 Å². The van der Waals surface area contributed by atoms with Gasteiger partial charge in [-0.2, -0.15) is 0 Å². The molecule has 1 N–H and O–H groups in total. The zero-order valence-corrected chi connectivity index (χ0v) is 10.3. The molecule has 96 valence electrons. The van der Waals surface area contributed by atoms with Crippen LogP contribution in [-0.4, -0.2) is 24.0 Å². The second-order valence-electron chi connectivity index (χ2n) is 4.34. The minimum atomic E-state index is -0.736. The lowest BCUT2D eigenvalue weighted by Gasteiger charge is -2.04. The van der Waals surface area contributed by atoms with Crippen molar-refractivity contribution in [1.82, 2.24) is 0 Å². The Bertz CT molecular complexity index is 317. The minimum Gasteiger partial charge on any atom is -0.501 e. The first-order valence-corrected chi connectivity index (χ1v) is 6.16. The number of carbonyl (C=O) groups excluding carboxylic acids is 1. The Kier molecular flexibility index (Phi) is 5.73. The number of Topliss-reactive ketones (excluding diaryl/α,β-unsaturated/α-hetero) is 1. The molecule has 17 heavy (non-hydrogen) atoms.